The van der Waals surface area contributed by atoms with Crippen LogP contribution >= 0.6 is 23.4 Å². The summed E-state index contributed by atoms with van der Waals surface area (Å²) in [4.78, 5) is 0. The Morgan fingerprint density at radius 3 is 2.28 bits per heavy atom. The van der Waals surface area contributed by atoms with Crippen molar-refractivity contribution < 1.29 is 9.68 Å². The fourth-order valence-electron chi connectivity index (χ4n) is 3.41. The van der Waals surface area contributed by atoms with Gasteiger partial charge in [-0.3, -0.25) is 0 Å². The van der Waals surface area contributed by atoms with Gasteiger partial charge in [0, 0.05) is 34.6 Å². The lowest BCUT2D eigenvalue weighted by Gasteiger charge is -2.20. The van der Waals surface area contributed by atoms with Crippen LogP contribution in [0.15, 0.2) is 96.7 Å². The minimum absolute atomic E-state index is 0.548. The molecule has 5 heteroatoms. The second-order valence-corrected chi connectivity index (χ2v) is 8.37. The van der Waals surface area contributed by atoms with Crippen LogP contribution in [0.4, 0.5) is 11.4 Å². The van der Waals surface area contributed by atoms with Gasteiger partial charge in [-0.25, -0.2) is 0 Å². The van der Waals surface area contributed by atoms with Crippen LogP contribution < -0.4 is 5.32 Å². The first-order valence-electron chi connectivity index (χ1n) is 9.40. The molecule has 2 N–H and O–H groups in total. The highest BCUT2D eigenvalue weighted by Crippen LogP contribution is 2.39. The molecule has 1 aliphatic rings. The Balaban J connectivity index is 1.75. The molecule has 0 bridgehead atoms. The van der Waals surface area contributed by atoms with Crippen LogP contribution in [0.1, 0.15) is 12.5 Å². The van der Waals surface area contributed by atoms with E-state index >= 15 is 0 Å². The number of nitrogens with zero attached hydrogens (tertiary/aromatic N) is 1. The minimum atomic E-state index is -1.11. The quantitative estimate of drug-likeness (QED) is 0.496. The Morgan fingerprint density at radius 1 is 1.00 bits per heavy atom. The van der Waals surface area contributed by atoms with Crippen LogP contribution in [0.3, 0.4) is 0 Å². The van der Waals surface area contributed by atoms with E-state index in [4.69, 9.17) is 11.6 Å². The second-order valence-electron chi connectivity index (χ2n) is 6.94. The summed E-state index contributed by atoms with van der Waals surface area (Å²) < 4.78 is 2.01. The zero-order chi connectivity index (χ0) is 20.3. The van der Waals surface area contributed by atoms with Gasteiger partial charge < -0.3 is 10.4 Å². The van der Waals surface area contributed by atoms with Gasteiger partial charge in [0.2, 0.25) is 10.7 Å². The van der Waals surface area contributed by atoms with Crippen molar-refractivity contribution >= 4 is 39.8 Å². The molecule has 3 aromatic rings. The van der Waals surface area contributed by atoms with E-state index in [2.05, 4.69) is 11.4 Å². The summed E-state index contributed by atoms with van der Waals surface area (Å²) in [6.45, 7) is 2.02. The first-order valence-corrected chi connectivity index (χ1v) is 10.8. The van der Waals surface area contributed by atoms with E-state index in [0.717, 1.165) is 27.7 Å². The molecular formula is C24H22ClN2OS+. The summed E-state index contributed by atoms with van der Waals surface area (Å²) in [5.41, 5.74) is 2.67. The maximum Gasteiger partial charge on any atom is 0.307 e. The van der Waals surface area contributed by atoms with Crippen molar-refractivity contribution in [2.75, 3.05) is 11.1 Å². The van der Waals surface area contributed by atoms with E-state index in [9.17, 15) is 5.11 Å². The summed E-state index contributed by atoms with van der Waals surface area (Å²) >= 11 is 7.62. The normalized spacial score (nSPS) is 19.5. The largest absolute Gasteiger partial charge is 0.359 e. The lowest BCUT2D eigenvalue weighted by Crippen LogP contribution is -2.36. The third kappa shape index (κ3) is 4.25. The van der Waals surface area contributed by atoms with Gasteiger partial charge in [0.1, 0.15) is 5.75 Å². The SMILES string of the molecule is C/C(=C/C1=[N+](c2ccccc2)[C@@](O)(c2ccccc2)CS1)Nc1ccc(Cl)cc1. The van der Waals surface area contributed by atoms with Gasteiger partial charge in [-0.05, 0) is 55.1 Å². The van der Waals surface area contributed by atoms with E-state index in [1.165, 1.54) is 0 Å². The van der Waals surface area contributed by atoms with Gasteiger partial charge in [-0.1, -0.05) is 48.0 Å². The number of aliphatic hydroxyl groups is 1. The molecule has 3 aromatic carbocycles. The van der Waals surface area contributed by atoms with Gasteiger partial charge in [-0.2, -0.15) is 4.58 Å². The van der Waals surface area contributed by atoms with Crippen LogP contribution in [0.5, 0.6) is 0 Å². The molecule has 0 aromatic heterocycles. The topological polar surface area (TPSA) is 35.3 Å². The van der Waals surface area contributed by atoms with E-state index < -0.39 is 5.72 Å². The molecule has 0 fully saturated rings. The fourth-order valence-corrected chi connectivity index (χ4v) is 4.83. The Bertz CT molecular complexity index is 1050. The average molecular weight is 422 g/mol. The molecule has 0 aliphatic carbocycles. The monoisotopic (exact) mass is 421 g/mol. The molecule has 29 heavy (non-hydrogen) atoms. The van der Waals surface area contributed by atoms with Crippen molar-refractivity contribution in [2.45, 2.75) is 12.6 Å². The van der Waals surface area contributed by atoms with Crippen molar-refractivity contribution in [2.24, 2.45) is 0 Å². The Kier molecular flexibility index (Phi) is 5.76. The summed E-state index contributed by atoms with van der Waals surface area (Å²) in [7, 11) is 0. The zero-order valence-corrected chi connectivity index (χ0v) is 17.6. The Morgan fingerprint density at radius 2 is 1.62 bits per heavy atom. The number of allylic oxidation sites excluding steroid dienone is 1. The number of rotatable bonds is 5. The van der Waals surface area contributed by atoms with Crippen LogP contribution in [-0.4, -0.2) is 20.5 Å². The molecule has 0 radical (unpaired) electrons. The average Bonchev–Trinajstić information content (AvgIpc) is 3.08. The third-order valence-electron chi connectivity index (χ3n) is 4.79. The van der Waals surface area contributed by atoms with E-state index in [1.807, 2.05) is 96.4 Å². The Labute approximate surface area is 180 Å². The lowest BCUT2D eigenvalue weighted by atomic mass is 10.0. The van der Waals surface area contributed by atoms with Crippen LogP contribution in [0.2, 0.25) is 5.02 Å². The molecular weight excluding hydrogens is 400 g/mol. The Hall–Kier alpha value is -2.53. The van der Waals surface area contributed by atoms with Crippen molar-refractivity contribution in [3.8, 4) is 0 Å². The number of benzene rings is 3. The number of nitrogens with one attached hydrogen (secondary N) is 1. The van der Waals surface area contributed by atoms with Crippen LogP contribution in [0.25, 0.3) is 0 Å². The van der Waals surface area contributed by atoms with Crippen LogP contribution in [0, 0.1) is 0 Å². The summed E-state index contributed by atoms with van der Waals surface area (Å²) in [5.74, 6) is 0.548. The van der Waals surface area contributed by atoms with E-state index in [-0.39, 0.29) is 0 Å². The lowest BCUT2D eigenvalue weighted by molar-refractivity contribution is -0.592. The molecule has 1 aliphatic heterocycles. The number of halogens is 1. The molecule has 4 rings (SSSR count). The predicted octanol–water partition coefficient (Wildman–Crippen LogP) is 5.99. The maximum atomic E-state index is 11.7. The molecule has 0 spiro atoms. The van der Waals surface area contributed by atoms with Crippen molar-refractivity contribution in [1.82, 2.24) is 0 Å². The van der Waals surface area contributed by atoms with Gasteiger partial charge in [0.05, 0.1) is 5.56 Å². The highest BCUT2D eigenvalue weighted by atomic mass is 35.5. The van der Waals surface area contributed by atoms with E-state index in [0.29, 0.717) is 10.8 Å². The molecule has 0 saturated carbocycles. The van der Waals surface area contributed by atoms with Crippen molar-refractivity contribution in [3.05, 3.63) is 107 Å². The zero-order valence-electron chi connectivity index (χ0n) is 16.0. The predicted molar refractivity (Wildman–Crippen MR) is 123 cm³/mol. The second kappa shape index (κ2) is 8.46. The smallest absolute Gasteiger partial charge is 0.307 e. The van der Waals surface area contributed by atoms with Crippen molar-refractivity contribution in [3.63, 3.8) is 0 Å². The minimum Gasteiger partial charge on any atom is -0.359 e. The molecule has 1 heterocycles. The fraction of sp³-hybridized carbons (Fsp3) is 0.125. The first kappa shape index (κ1) is 19.8. The standard InChI is InChI=1S/C24H21ClN2OS/c1-18(26-21-14-12-20(25)13-15-21)16-23-27(22-10-6-3-7-11-22)24(28,17-29-23)19-8-4-2-5-9-19/h2-16,28H,17H2,1H3/p+1/t24-/m0/s1. The molecule has 1 atom stereocenters. The van der Waals surface area contributed by atoms with Gasteiger partial charge >= 0.3 is 5.72 Å². The van der Waals surface area contributed by atoms with Gasteiger partial charge in [-0.15, -0.1) is 0 Å². The molecule has 0 saturated heterocycles. The summed E-state index contributed by atoms with van der Waals surface area (Å²) in [6, 6.07) is 27.5. The third-order valence-corrected chi connectivity index (χ3v) is 6.18. The highest BCUT2D eigenvalue weighted by molar-refractivity contribution is 8.14. The maximum absolute atomic E-state index is 11.7. The number of hydrogen-bond donors (Lipinski definition) is 2. The number of para-hydroxylation sites is 1. The van der Waals surface area contributed by atoms with Gasteiger partial charge in [0.25, 0.3) is 0 Å². The molecule has 146 valence electrons. The van der Waals surface area contributed by atoms with E-state index in [1.54, 1.807) is 11.8 Å². The van der Waals surface area contributed by atoms with Crippen molar-refractivity contribution in [1.29, 1.82) is 0 Å². The van der Waals surface area contributed by atoms with Gasteiger partial charge in [0.15, 0.2) is 0 Å². The van der Waals surface area contributed by atoms with Crippen LogP contribution in [-0.2, 0) is 5.72 Å². The number of thioether (sulfide) groups is 1. The molecule has 0 unspecified atom stereocenters. The molecule has 0 amide bonds. The first-order chi connectivity index (χ1) is 14.1. The molecule has 3 nitrogen and oxygen atoms in total. The number of anilines is 1. The highest BCUT2D eigenvalue weighted by Gasteiger charge is 2.50. The number of hydrogen-bond acceptors (Lipinski definition) is 3. The summed E-state index contributed by atoms with van der Waals surface area (Å²) in [5, 5.41) is 16.8. The summed E-state index contributed by atoms with van der Waals surface area (Å²) in [6.07, 6.45) is 2.08.